The van der Waals surface area contributed by atoms with Gasteiger partial charge in [-0.25, -0.2) is 0 Å². The number of fused-ring (bicyclic) bond motifs is 26. The Kier molecular flexibility index (Phi) is 31.0. The Morgan fingerprint density at radius 2 is 0.759 bits per heavy atom. The minimum atomic E-state index is -2.90. The van der Waals surface area contributed by atoms with Gasteiger partial charge in [-0.15, -0.1) is 5.10 Å². The Labute approximate surface area is 490 Å². The van der Waals surface area contributed by atoms with Crippen molar-refractivity contribution in [1.82, 2.24) is 20.3 Å². The highest BCUT2D eigenvalue weighted by atomic mass is 16.7. The van der Waals surface area contributed by atoms with Crippen molar-refractivity contribution >= 4 is 5.91 Å². The summed E-state index contributed by atoms with van der Waals surface area (Å²) in [5.41, 5.74) is 0.128. The summed E-state index contributed by atoms with van der Waals surface area (Å²) in [5, 5.41) is 289. The number of carbonyl (C=O) groups is 1. The largest absolute Gasteiger partial charge is 0.506 e. The van der Waals surface area contributed by atoms with Crippen molar-refractivity contribution in [1.29, 1.82) is 0 Å². The number of nitrogens with one attached hydrogen (secondary N) is 1. The van der Waals surface area contributed by atoms with Crippen LogP contribution in [0.1, 0.15) is 44.2 Å². The van der Waals surface area contributed by atoms with Gasteiger partial charge in [-0.2, -0.15) is 0 Å². The number of ether oxygens (including phenoxy) is 8. The summed E-state index contributed by atoms with van der Waals surface area (Å²) in [6.45, 7) is -3.50. The second-order valence-corrected chi connectivity index (χ2v) is 18.5. The molecule has 1 amide bonds. The summed E-state index contributed by atoms with van der Waals surface area (Å²) in [4.78, 5) is 11.7. The zero-order chi connectivity index (χ0) is 65.6. The number of aromatic nitrogens is 3. The first-order chi connectivity index (χ1) is 41.1. The lowest BCUT2D eigenvalue weighted by Crippen LogP contribution is -2.61. The lowest BCUT2D eigenvalue weighted by Gasteiger charge is -2.43. The van der Waals surface area contributed by atoms with Crippen LogP contribution in [0.15, 0.2) is 88.0 Å². The number of nitrogens with zero attached hydrogens (tertiary/aromatic N) is 3. The number of aliphatic hydroxyl groups excluding tert-OH is 26. The molecular weight excluding hydrogens is 1190 g/mol. The highest BCUT2D eigenvalue weighted by Gasteiger charge is 2.48. The van der Waals surface area contributed by atoms with E-state index in [-0.39, 0.29) is 12.2 Å². The minimum absolute atomic E-state index is 0.128. The maximum absolute atomic E-state index is 11.7. The number of hydrogen-bond donors (Lipinski definition) is 27. The number of aryl methyl sites for hydroxylation is 1. The Morgan fingerprint density at radius 3 is 1.07 bits per heavy atom. The first-order valence-electron chi connectivity index (χ1n) is 25.9. The van der Waals surface area contributed by atoms with Crippen LogP contribution < -0.4 is 5.32 Å². The molecule has 87 heavy (non-hydrogen) atoms. The van der Waals surface area contributed by atoms with Crippen LogP contribution in [0, 0.1) is 0 Å². The topological polar surface area (TPSA) is 660 Å². The van der Waals surface area contributed by atoms with E-state index in [2.05, 4.69) is 22.2 Å². The molecule has 3 aliphatic heterocycles. The van der Waals surface area contributed by atoms with E-state index in [1.165, 1.54) is 6.20 Å². The fourth-order valence-electron chi connectivity index (χ4n) is 7.79. The van der Waals surface area contributed by atoms with Crippen molar-refractivity contribution in [2.75, 3.05) is 39.6 Å². The second-order valence-electron chi connectivity index (χ2n) is 18.5. The molecule has 39 heteroatoms. The zero-order valence-electron chi connectivity index (χ0n) is 45.7. The monoisotopic (exact) mass is 1270 g/mol. The number of carbonyl (C=O) groups excluding carboxylic acids is 1. The van der Waals surface area contributed by atoms with Crippen LogP contribution in [0.25, 0.3) is 0 Å². The quantitative estimate of drug-likeness (QED) is 0.0647. The van der Waals surface area contributed by atoms with Gasteiger partial charge in [0.2, 0.25) is 43.6 Å². The van der Waals surface area contributed by atoms with Crippen LogP contribution in [-0.2, 0) is 55.8 Å². The van der Waals surface area contributed by atoms with Crippen LogP contribution in [0.3, 0.4) is 0 Å². The maximum Gasteiger partial charge on any atom is 0.243 e. The van der Waals surface area contributed by atoms with E-state index in [9.17, 15) is 138 Å². The van der Waals surface area contributed by atoms with Gasteiger partial charge in [0.05, 0.1) is 19.3 Å². The molecule has 3 aliphatic rings. The molecule has 27 N–H and O–H groups in total. The molecule has 0 spiro atoms. The van der Waals surface area contributed by atoms with Gasteiger partial charge < -0.3 is 176 Å². The summed E-state index contributed by atoms with van der Waals surface area (Å²) in [5.74, 6) is -19.8. The summed E-state index contributed by atoms with van der Waals surface area (Å²) in [6.07, 6.45) is -44.4. The molecule has 2 bridgehead atoms. The first-order valence-corrected chi connectivity index (χ1v) is 25.9. The van der Waals surface area contributed by atoms with Crippen molar-refractivity contribution in [3.05, 3.63) is 93.7 Å². The highest BCUT2D eigenvalue weighted by Crippen LogP contribution is 2.31. The van der Waals surface area contributed by atoms with Gasteiger partial charge in [0, 0.05) is 78.1 Å². The minimum Gasteiger partial charge on any atom is -0.506 e. The molecular formula is C48H76N4O35. The Morgan fingerprint density at radius 1 is 0.448 bits per heavy atom. The average molecular weight is 1270 g/mol. The molecule has 0 saturated carbocycles. The van der Waals surface area contributed by atoms with Crippen molar-refractivity contribution in [3.8, 4) is 0 Å². The predicted molar refractivity (Wildman–Crippen MR) is 277 cm³/mol. The van der Waals surface area contributed by atoms with E-state index in [1.54, 1.807) is 0 Å². The Balaban J connectivity index is 2.27. The summed E-state index contributed by atoms with van der Waals surface area (Å²) in [6, 6.07) is 0. The third kappa shape index (κ3) is 20.8. The van der Waals surface area contributed by atoms with Crippen LogP contribution in [-0.4, -0.2) is 298 Å². The van der Waals surface area contributed by atoms with Gasteiger partial charge in [-0.05, 0) is 6.08 Å². The molecule has 4 rings (SSSR count). The van der Waals surface area contributed by atoms with Crippen LogP contribution >= 0.6 is 0 Å². The standard InChI is InChI=1S/C48H76N4O35/c1-2-26(59)49-15-18-16-52(51-50-18)9-3-19-27(60)34(67)43(75)81-21(5-11-54)29(62)36(69)44(76)82-22(6-12-55)30(63)37(70)45(77)84-23(7-13-56)31(64)39(72)47(79)87-41-25(17-58)86-48(40(73)33(41)66)85-24(8-14-57)32(65)38(71)46(78)83-20(4-10-53)28(61)35(68)42(74)80-19/h2,16,19-25,33,40-48,53-58,60-79H,1,3-15,17H2,(H,49,59)/b34-27+,35-28+,36-29-,37-30-,38-32+,39-31+/t19?,20?,21?,22?,23?,24?,25?,33?,40-,41?,42?,43?,44?,45?,46?,47?,48?/m1/s1. The van der Waals surface area contributed by atoms with Gasteiger partial charge in [-0.3, -0.25) is 9.48 Å². The Bertz CT molecular complexity index is 2520. The zero-order valence-corrected chi connectivity index (χ0v) is 45.7. The van der Waals surface area contributed by atoms with Gasteiger partial charge in [0.15, 0.2) is 75.4 Å². The SMILES string of the molecule is C=CC(=O)NCc1cn(CCC2OC(O)/C(O)=C(\O)C(CCO)OC(O)/C(O)=C(\O)C(CCO)OC3OC(CO)C(OC(O)/C(O)=C(\O)C(CCO)OC(O)/C(O)=C(/O)C(CCO)OC(O)/C(O)=C(/O)C(CCO)OC(O)/C(O)=C/2O)C(O)[C@H]3O)nn1. The molecule has 1 saturated heterocycles. The van der Waals surface area contributed by atoms with E-state index in [0.717, 1.165) is 10.8 Å². The molecule has 0 aliphatic carbocycles. The number of rotatable bonds is 17. The molecule has 0 radical (unpaired) electrons. The highest BCUT2D eigenvalue weighted by molar-refractivity contribution is 5.86. The predicted octanol–water partition coefficient (Wildman–Crippen LogP) is -5.59. The van der Waals surface area contributed by atoms with Gasteiger partial charge >= 0.3 is 0 Å². The smallest absolute Gasteiger partial charge is 0.243 e. The molecule has 1 fully saturated rings. The van der Waals surface area contributed by atoms with E-state index >= 15 is 0 Å². The fraction of sp³-hybridized carbons (Fsp3) is 0.646. The molecule has 0 aromatic carbocycles. The van der Waals surface area contributed by atoms with E-state index in [4.69, 9.17) is 37.9 Å². The molecule has 17 atom stereocenters. The lowest BCUT2D eigenvalue weighted by atomic mass is 9.98. The molecule has 4 heterocycles. The third-order valence-electron chi connectivity index (χ3n) is 12.5. The lowest BCUT2D eigenvalue weighted by molar-refractivity contribution is -0.329. The van der Waals surface area contributed by atoms with Crippen molar-refractivity contribution < 1.29 is 175 Å². The molecule has 16 unspecified atom stereocenters. The molecule has 39 nitrogen and oxygen atoms in total. The summed E-state index contributed by atoms with van der Waals surface area (Å²) < 4.78 is 42.8. The average Bonchev–Trinajstić information content (AvgIpc) is 4.18. The molecule has 1 aromatic heterocycles. The number of hydrogen-bond acceptors (Lipinski definition) is 37. The Hall–Kier alpha value is -6.49. The van der Waals surface area contributed by atoms with Gasteiger partial charge in [0.25, 0.3) is 0 Å². The van der Waals surface area contributed by atoms with Crippen molar-refractivity contribution in [2.24, 2.45) is 0 Å². The van der Waals surface area contributed by atoms with Gasteiger partial charge in [0.1, 0.15) is 66.7 Å². The van der Waals surface area contributed by atoms with E-state index in [0.29, 0.717) is 0 Å². The fourth-order valence-corrected chi connectivity index (χ4v) is 7.79. The van der Waals surface area contributed by atoms with Crippen LogP contribution in [0.5, 0.6) is 0 Å². The number of aliphatic hydroxyl groups is 26. The van der Waals surface area contributed by atoms with Gasteiger partial charge in [-0.1, -0.05) is 11.8 Å². The van der Waals surface area contributed by atoms with E-state index in [1.807, 2.05) is 0 Å². The van der Waals surface area contributed by atoms with E-state index < -0.39 is 265 Å². The van der Waals surface area contributed by atoms with Crippen LogP contribution in [0.2, 0.25) is 0 Å². The number of amides is 1. The molecule has 498 valence electrons. The third-order valence-corrected chi connectivity index (χ3v) is 12.5. The first kappa shape index (κ1) is 74.8. The normalized spacial score (nSPS) is 37.1. The van der Waals surface area contributed by atoms with Crippen molar-refractivity contribution in [2.45, 2.75) is 157 Å². The summed E-state index contributed by atoms with van der Waals surface area (Å²) >= 11 is 0. The van der Waals surface area contributed by atoms with Crippen LogP contribution in [0.4, 0.5) is 0 Å². The summed E-state index contributed by atoms with van der Waals surface area (Å²) in [7, 11) is 0. The second kappa shape index (κ2) is 36.1. The molecule has 1 aromatic rings. The van der Waals surface area contributed by atoms with Crippen molar-refractivity contribution in [3.63, 3.8) is 0 Å². The maximum atomic E-state index is 11.7.